The van der Waals surface area contributed by atoms with Crippen LogP contribution in [-0.2, 0) is 9.84 Å². The highest BCUT2D eigenvalue weighted by atomic mass is 35.5. The van der Waals surface area contributed by atoms with Crippen LogP contribution in [0.15, 0.2) is 0 Å². The number of aryl methyl sites for hydroxylation is 1. The van der Waals surface area contributed by atoms with E-state index in [1.54, 1.807) is 6.92 Å². The van der Waals surface area contributed by atoms with Crippen LogP contribution in [0.1, 0.15) is 5.01 Å². The molecule has 0 aliphatic carbocycles. The van der Waals surface area contributed by atoms with Gasteiger partial charge in [-0.3, -0.25) is 5.32 Å². The molecule has 7 nitrogen and oxygen atoms in total. The van der Waals surface area contributed by atoms with Crippen LogP contribution in [0.4, 0.5) is 9.93 Å². The zero-order valence-corrected chi connectivity index (χ0v) is 11.8. The van der Waals surface area contributed by atoms with Crippen molar-refractivity contribution in [1.29, 1.82) is 0 Å². The fourth-order valence-electron chi connectivity index (χ4n) is 1.59. The average molecular weight is 311 g/mol. The number of anilines is 1. The van der Waals surface area contributed by atoms with Gasteiger partial charge in [0.2, 0.25) is 5.13 Å². The van der Waals surface area contributed by atoms with Crippen LogP contribution in [0.3, 0.4) is 0 Å². The molecule has 0 radical (unpaired) electrons. The fourth-order valence-corrected chi connectivity index (χ4v) is 4.72. The van der Waals surface area contributed by atoms with Gasteiger partial charge < -0.3 is 5.32 Å². The van der Waals surface area contributed by atoms with Crippen LogP contribution < -0.4 is 10.6 Å². The second-order valence-electron chi connectivity index (χ2n) is 3.92. The summed E-state index contributed by atoms with van der Waals surface area (Å²) in [5, 5.41) is 12.9. The summed E-state index contributed by atoms with van der Waals surface area (Å²) in [7, 11) is -3.16. The molecule has 1 aromatic rings. The molecule has 0 spiro atoms. The molecule has 1 fully saturated rings. The van der Waals surface area contributed by atoms with Crippen molar-refractivity contribution in [2.75, 3.05) is 16.8 Å². The number of hydrogen-bond donors (Lipinski definition) is 2. The number of nitrogens with zero attached hydrogens (tertiary/aromatic N) is 2. The molecule has 2 rings (SSSR count). The molecule has 2 N–H and O–H groups in total. The summed E-state index contributed by atoms with van der Waals surface area (Å²) in [5.74, 6) is -0.249. The number of rotatable bonds is 2. The van der Waals surface area contributed by atoms with Crippen LogP contribution in [0.25, 0.3) is 0 Å². The van der Waals surface area contributed by atoms with Crippen molar-refractivity contribution in [2.45, 2.75) is 18.3 Å². The van der Waals surface area contributed by atoms with Crippen molar-refractivity contribution in [1.82, 2.24) is 15.5 Å². The van der Waals surface area contributed by atoms with Crippen molar-refractivity contribution in [3.05, 3.63) is 5.01 Å². The molecular formula is C8H11ClN4O3S2. The van der Waals surface area contributed by atoms with E-state index in [0.717, 1.165) is 5.01 Å². The quantitative estimate of drug-likeness (QED) is 0.769. The normalized spacial score (nSPS) is 25.9. The van der Waals surface area contributed by atoms with Crippen LogP contribution in [-0.4, -0.2) is 47.6 Å². The average Bonchev–Trinajstić information content (AvgIpc) is 2.71. The van der Waals surface area contributed by atoms with Crippen molar-refractivity contribution < 1.29 is 13.2 Å². The van der Waals surface area contributed by atoms with Gasteiger partial charge in [0.1, 0.15) is 5.01 Å². The Morgan fingerprint density at radius 1 is 1.44 bits per heavy atom. The van der Waals surface area contributed by atoms with E-state index >= 15 is 0 Å². The van der Waals surface area contributed by atoms with Crippen molar-refractivity contribution in [3.8, 4) is 0 Å². The number of alkyl halides is 1. The number of aromatic nitrogens is 2. The number of carbonyl (C=O) groups is 1. The Hall–Kier alpha value is -0.930. The summed E-state index contributed by atoms with van der Waals surface area (Å²) in [4.78, 5) is 11.6. The van der Waals surface area contributed by atoms with Gasteiger partial charge in [-0.15, -0.1) is 21.8 Å². The molecule has 1 saturated heterocycles. The zero-order chi connectivity index (χ0) is 13.3. The lowest BCUT2D eigenvalue weighted by Crippen LogP contribution is -2.42. The minimum atomic E-state index is -3.16. The van der Waals surface area contributed by atoms with Crippen LogP contribution in [0, 0.1) is 6.92 Å². The molecule has 1 aliphatic heterocycles. The van der Waals surface area contributed by atoms with Crippen LogP contribution in [0.2, 0.25) is 0 Å². The molecule has 0 unspecified atom stereocenters. The minimum absolute atomic E-state index is 0.114. The van der Waals surface area contributed by atoms with Gasteiger partial charge >= 0.3 is 6.03 Å². The monoisotopic (exact) mass is 310 g/mol. The zero-order valence-electron chi connectivity index (χ0n) is 9.38. The van der Waals surface area contributed by atoms with Gasteiger partial charge in [0.05, 0.1) is 22.9 Å². The van der Waals surface area contributed by atoms with Gasteiger partial charge in [0.25, 0.3) is 0 Å². The van der Waals surface area contributed by atoms with Gasteiger partial charge in [-0.1, -0.05) is 11.3 Å². The highest BCUT2D eigenvalue weighted by Gasteiger charge is 2.37. The molecule has 100 valence electrons. The minimum Gasteiger partial charge on any atom is -0.333 e. The lowest BCUT2D eigenvalue weighted by atomic mass is 10.2. The molecule has 2 atom stereocenters. The third-order valence-corrected chi connectivity index (χ3v) is 5.48. The SMILES string of the molecule is Cc1nnc(NC(=O)N[C@H]2CS(=O)(=O)C[C@H]2Cl)s1. The summed E-state index contributed by atoms with van der Waals surface area (Å²) < 4.78 is 22.6. The predicted molar refractivity (Wildman–Crippen MR) is 68.9 cm³/mol. The van der Waals surface area contributed by atoms with Gasteiger partial charge in [0, 0.05) is 0 Å². The number of carbonyl (C=O) groups excluding carboxylic acids is 1. The highest BCUT2D eigenvalue weighted by molar-refractivity contribution is 7.91. The molecule has 2 amide bonds. The molecule has 18 heavy (non-hydrogen) atoms. The number of amides is 2. The van der Waals surface area contributed by atoms with E-state index in [4.69, 9.17) is 11.6 Å². The summed E-state index contributed by atoms with van der Waals surface area (Å²) >= 11 is 7.10. The first-order valence-corrected chi connectivity index (χ1v) is 8.15. The maximum absolute atomic E-state index is 11.6. The lowest BCUT2D eigenvalue weighted by Gasteiger charge is -2.13. The van der Waals surface area contributed by atoms with E-state index in [1.807, 2.05) is 0 Å². The van der Waals surface area contributed by atoms with E-state index in [1.165, 1.54) is 11.3 Å². The fraction of sp³-hybridized carbons (Fsp3) is 0.625. The van der Waals surface area contributed by atoms with Crippen LogP contribution >= 0.6 is 22.9 Å². The summed E-state index contributed by atoms with van der Waals surface area (Å²) in [6.45, 7) is 1.76. The van der Waals surface area contributed by atoms with Gasteiger partial charge in [0.15, 0.2) is 9.84 Å². The lowest BCUT2D eigenvalue weighted by molar-refractivity contribution is 0.249. The molecule has 1 aliphatic rings. The third kappa shape index (κ3) is 3.30. The van der Waals surface area contributed by atoms with E-state index in [-0.39, 0.29) is 11.5 Å². The maximum atomic E-state index is 11.6. The Balaban J connectivity index is 1.92. The summed E-state index contributed by atoms with van der Waals surface area (Å²) in [5.41, 5.74) is 0. The first-order chi connectivity index (χ1) is 8.35. The number of halogens is 1. The third-order valence-electron chi connectivity index (χ3n) is 2.35. The van der Waals surface area contributed by atoms with Gasteiger partial charge in [-0.05, 0) is 6.92 Å². The molecule has 10 heteroatoms. The number of sulfone groups is 1. The molecule has 1 aromatic heterocycles. The van der Waals surface area contributed by atoms with Crippen molar-refractivity contribution in [3.63, 3.8) is 0 Å². The number of urea groups is 1. The Bertz CT molecular complexity index is 558. The number of nitrogens with one attached hydrogen (secondary N) is 2. The Morgan fingerprint density at radius 3 is 2.67 bits per heavy atom. The van der Waals surface area contributed by atoms with E-state index in [2.05, 4.69) is 20.8 Å². The molecule has 2 heterocycles. The van der Waals surface area contributed by atoms with Crippen LogP contribution in [0.5, 0.6) is 0 Å². The van der Waals surface area contributed by atoms with Crippen molar-refractivity contribution >= 4 is 43.9 Å². The molecular weight excluding hydrogens is 300 g/mol. The second kappa shape index (κ2) is 4.98. The summed E-state index contributed by atoms with van der Waals surface area (Å²) in [6.07, 6.45) is 0. The van der Waals surface area contributed by atoms with E-state index < -0.39 is 27.3 Å². The molecule has 0 bridgehead atoms. The van der Waals surface area contributed by atoms with E-state index in [0.29, 0.717) is 5.13 Å². The van der Waals surface area contributed by atoms with E-state index in [9.17, 15) is 13.2 Å². The smallest absolute Gasteiger partial charge is 0.321 e. The Labute approximate surface area is 113 Å². The van der Waals surface area contributed by atoms with Gasteiger partial charge in [-0.2, -0.15) is 0 Å². The van der Waals surface area contributed by atoms with Crippen molar-refractivity contribution in [2.24, 2.45) is 0 Å². The Morgan fingerprint density at radius 2 is 2.17 bits per heavy atom. The topological polar surface area (TPSA) is 101 Å². The van der Waals surface area contributed by atoms with Gasteiger partial charge in [-0.25, -0.2) is 13.2 Å². The number of hydrogen-bond acceptors (Lipinski definition) is 6. The predicted octanol–water partition coefficient (Wildman–Crippen LogP) is 0.372. The Kier molecular flexibility index (Phi) is 3.74. The first kappa shape index (κ1) is 13.5. The first-order valence-electron chi connectivity index (χ1n) is 5.08. The maximum Gasteiger partial charge on any atom is 0.321 e. The second-order valence-corrected chi connectivity index (χ2v) is 7.82. The summed E-state index contributed by atoms with van der Waals surface area (Å²) in [6, 6.07) is -1.11. The molecule has 0 saturated carbocycles. The standard InChI is InChI=1S/C8H11ClN4O3S2/c1-4-12-13-8(17-4)11-7(14)10-6-3-18(15,16)2-5(6)9/h5-6H,2-3H2,1H3,(H2,10,11,13,14)/t5-,6+/m1/s1. The molecule has 0 aromatic carbocycles. The highest BCUT2D eigenvalue weighted by Crippen LogP contribution is 2.18. The largest absolute Gasteiger partial charge is 0.333 e.